The molecule has 1 fully saturated rings. The van der Waals surface area contributed by atoms with E-state index in [0.717, 1.165) is 6.20 Å². The standard InChI is InChI=1S/C9H13N3O4S2/c10-8-1-3-11-5-9(8)18(15,16)12-7-2-4-17(13,14)6-7/h1,3,5,7,12H,2,4,6H2,(H2,10,11). The Hall–Kier alpha value is -1.19. The minimum Gasteiger partial charge on any atom is -0.398 e. The molecule has 0 amide bonds. The molecule has 9 heteroatoms. The van der Waals surface area contributed by atoms with Gasteiger partial charge < -0.3 is 5.73 Å². The van der Waals surface area contributed by atoms with Crippen LogP contribution in [-0.2, 0) is 19.9 Å². The summed E-state index contributed by atoms with van der Waals surface area (Å²) in [4.78, 5) is 3.57. The molecule has 0 saturated carbocycles. The molecular weight excluding hydrogens is 278 g/mol. The minimum absolute atomic E-state index is 0.00269. The first-order valence-corrected chi connectivity index (χ1v) is 8.53. The van der Waals surface area contributed by atoms with Crippen molar-refractivity contribution in [1.29, 1.82) is 0 Å². The molecule has 1 aliphatic heterocycles. The van der Waals surface area contributed by atoms with Crippen LogP contribution in [0.2, 0.25) is 0 Å². The molecule has 3 N–H and O–H groups in total. The number of sulfonamides is 1. The third kappa shape index (κ3) is 2.79. The number of rotatable bonds is 3. The van der Waals surface area contributed by atoms with E-state index in [2.05, 4.69) is 9.71 Å². The zero-order chi connectivity index (χ0) is 13.4. The molecule has 1 saturated heterocycles. The van der Waals surface area contributed by atoms with Crippen LogP contribution in [0.3, 0.4) is 0 Å². The number of sulfone groups is 1. The topological polar surface area (TPSA) is 119 Å². The lowest BCUT2D eigenvalue weighted by Crippen LogP contribution is -2.35. The smallest absolute Gasteiger partial charge is 0.244 e. The number of nitrogens with one attached hydrogen (secondary N) is 1. The maximum absolute atomic E-state index is 12.0. The van der Waals surface area contributed by atoms with Gasteiger partial charge in [0, 0.05) is 18.4 Å². The van der Waals surface area contributed by atoms with Crippen molar-refractivity contribution in [3.63, 3.8) is 0 Å². The molecule has 1 aromatic rings. The Morgan fingerprint density at radius 2 is 2.17 bits per heavy atom. The summed E-state index contributed by atoms with van der Waals surface area (Å²) in [6.07, 6.45) is 2.80. The normalized spacial score (nSPS) is 23.0. The molecule has 1 aliphatic rings. The highest BCUT2D eigenvalue weighted by Gasteiger charge is 2.32. The summed E-state index contributed by atoms with van der Waals surface area (Å²) in [6, 6.07) is 0.777. The average molecular weight is 291 g/mol. The van der Waals surface area contributed by atoms with Crippen molar-refractivity contribution < 1.29 is 16.8 Å². The number of pyridine rings is 1. The van der Waals surface area contributed by atoms with Gasteiger partial charge >= 0.3 is 0 Å². The van der Waals surface area contributed by atoms with Crippen LogP contribution in [0, 0.1) is 0 Å². The lowest BCUT2D eigenvalue weighted by atomic mass is 10.3. The molecule has 2 rings (SSSR count). The maximum atomic E-state index is 12.0. The van der Waals surface area contributed by atoms with Crippen molar-refractivity contribution in [3.8, 4) is 0 Å². The van der Waals surface area contributed by atoms with Gasteiger partial charge in [-0.1, -0.05) is 0 Å². The van der Waals surface area contributed by atoms with E-state index in [1.54, 1.807) is 0 Å². The van der Waals surface area contributed by atoms with Gasteiger partial charge in [0.25, 0.3) is 0 Å². The molecule has 0 aromatic carbocycles. The first kappa shape index (κ1) is 13.2. The number of aromatic nitrogens is 1. The van der Waals surface area contributed by atoms with Gasteiger partial charge in [0.15, 0.2) is 9.84 Å². The van der Waals surface area contributed by atoms with Gasteiger partial charge in [-0.3, -0.25) is 4.98 Å². The molecule has 0 radical (unpaired) electrons. The van der Waals surface area contributed by atoms with Crippen LogP contribution < -0.4 is 10.5 Å². The predicted molar refractivity (Wildman–Crippen MR) is 66.0 cm³/mol. The predicted octanol–water partition coefficient (Wildman–Crippen LogP) is -0.871. The third-order valence-corrected chi connectivity index (χ3v) is 5.99. The van der Waals surface area contributed by atoms with Crippen LogP contribution >= 0.6 is 0 Å². The Morgan fingerprint density at radius 3 is 2.72 bits per heavy atom. The number of nitrogens with zero attached hydrogens (tertiary/aromatic N) is 1. The summed E-state index contributed by atoms with van der Waals surface area (Å²) in [5, 5.41) is 0. The van der Waals surface area contributed by atoms with Gasteiger partial charge in [-0.25, -0.2) is 21.6 Å². The van der Waals surface area contributed by atoms with Crippen LogP contribution in [0.15, 0.2) is 23.4 Å². The molecule has 0 bridgehead atoms. The Kier molecular flexibility index (Phi) is 3.30. The summed E-state index contributed by atoms with van der Waals surface area (Å²) >= 11 is 0. The molecule has 100 valence electrons. The van der Waals surface area contributed by atoms with E-state index < -0.39 is 25.9 Å². The van der Waals surface area contributed by atoms with Crippen LogP contribution in [-0.4, -0.2) is 39.4 Å². The summed E-state index contributed by atoms with van der Waals surface area (Å²) < 4.78 is 48.8. The Morgan fingerprint density at radius 1 is 1.44 bits per heavy atom. The van der Waals surface area contributed by atoms with Gasteiger partial charge in [-0.15, -0.1) is 0 Å². The highest BCUT2D eigenvalue weighted by Crippen LogP contribution is 2.19. The van der Waals surface area contributed by atoms with Crippen molar-refractivity contribution >= 4 is 25.5 Å². The van der Waals surface area contributed by atoms with Crippen LogP contribution in [0.1, 0.15) is 6.42 Å². The van der Waals surface area contributed by atoms with E-state index in [1.165, 1.54) is 12.3 Å². The van der Waals surface area contributed by atoms with Gasteiger partial charge in [0.2, 0.25) is 10.0 Å². The number of nitrogens with two attached hydrogens (primary N) is 1. The molecular formula is C9H13N3O4S2. The van der Waals surface area contributed by atoms with E-state index in [-0.39, 0.29) is 28.5 Å². The molecule has 1 unspecified atom stereocenters. The van der Waals surface area contributed by atoms with E-state index in [9.17, 15) is 16.8 Å². The Labute approximate surface area is 105 Å². The van der Waals surface area contributed by atoms with Crippen LogP contribution in [0.4, 0.5) is 5.69 Å². The maximum Gasteiger partial charge on any atom is 0.244 e. The van der Waals surface area contributed by atoms with Crippen molar-refractivity contribution in [3.05, 3.63) is 18.5 Å². The zero-order valence-electron chi connectivity index (χ0n) is 9.40. The summed E-state index contributed by atoms with van der Waals surface area (Å²) in [7, 11) is -6.96. The average Bonchev–Trinajstić information content (AvgIpc) is 2.57. The molecule has 1 aromatic heterocycles. The number of anilines is 1. The third-order valence-electron chi connectivity index (χ3n) is 2.66. The Balaban J connectivity index is 2.22. The van der Waals surface area contributed by atoms with E-state index in [1.807, 2.05) is 0 Å². The van der Waals surface area contributed by atoms with Crippen LogP contribution in [0.5, 0.6) is 0 Å². The van der Waals surface area contributed by atoms with Crippen molar-refractivity contribution in [2.45, 2.75) is 17.4 Å². The highest BCUT2D eigenvalue weighted by atomic mass is 32.2. The summed E-state index contributed by atoms with van der Waals surface area (Å²) in [5.74, 6) is -0.172. The second kappa shape index (κ2) is 4.48. The van der Waals surface area contributed by atoms with Gasteiger partial charge in [-0.05, 0) is 12.5 Å². The minimum atomic E-state index is -3.83. The molecule has 7 nitrogen and oxygen atoms in total. The largest absolute Gasteiger partial charge is 0.398 e. The number of hydrogen-bond acceptors (Lipinski definition) is 6. The van der Waals surface area contributed by atoms with Crippen molar-refractivity contribution in [2.24, 2.45) is 0 Å². The monoisotopic (exact) mass is 291 g/mol. The quantitative estimate of drug-likeness (QED) is 0.747. The lowest BCUT2D eigenvalue weighted by Gasteiger charge is -2.12. The second-order valence-corrected chi connectivity index (χ2v) is 8.05. The van der Waals surface area contributed by atoms with Gasteiger partial charge in [0.05, 0.1) is 17.2 Å². The Bertz CT molecular complexity index is 654. The zero-order valence-corrected chi connectivity index (χ0v) is 11.0. The SMILES string of the molecule is Nc1ccncc1S(=O)(=O)NC1CCS(=O)(=O)C1. The molecule has 1 atom stereocenters. The first-order valence-electron chi connectivity index (χ1n) is 5.22. The molecule has 18 heavy (non-hydrogen) atoms. The number of nitrogen functional groups attached to an aromatic ring is 1. The van der Waals surface area contributed by atoms with Gasteiger partial charge in [0.1, 0.15) is 4.90 Å². The molecule has 0 spiro atoms. The molecule has 0 aliphatic carbocycles. The van der Waals surface area contributed by atoms with E-state index >= 15 is 0 Å². The summed E-state index contributed by atoms with van der Waals surface area (Å²) in [6.45, 7) is 0. The number of hydrogen-bond donors (Lipinski definition) is 2. The van der Waals surface area contributed by atoms with E-state index in [4.69, 9.17) is 5.73 Å². The fourth-order valence-corrected chi connectivity index (χ4v) is 4.91. The second-order valence-electron chi connectivity index (χ2n) is 4.13. The van der Waals surface area contributed by atoms with E-state index in [0.29, 0.717) is 0 Å². The van der Waals surface area contributed by atoms with Gasteiger partial charge in [-0.2, -0.15) is 0 Å². The lowest BCUT2D eigenvalue weighted by molar-refractivity contribution is 0.562. The van der Waals surface area contributed by atoms with Crippen molar-refractivity contribution in [2.75, 3.05) is 17.2 Å². The fourth-order valence-electron chi connectivity index (χ4n) is 1.79. The fraction of sp³-hybridized carbons (Fsp3) is 0.444. The van der Waals surface area contributed by atoms with Crippen molar-refractivity contribution in [1.82, 2.24) is 9.71 Å². The van der Waals surface area contributed by atoms with Crippen LogP contribution in [0.25, 0.3) is 0 Å². The highest BCUT2D eigenvalue weighted by molar-refractivity contribution is 7.92. The first-order chi connectivity index (χ1) is 8.30. The summed E-state index contributed by atoms with van der Waals surface area (Å²) in [5.41, 5.74) is 5.64. The molecule has 2 heterocycles.